The third-order valence-electron chi connectivity index (χ3n) is 5.11. The summed E-state index contributed by atoms with van der Waals surface area (Å²) in [7, 11) is 0. The maximum Gasteiger partial charge on any atom is 0.145 e. The molecule has 2 atom stereocenters. The molecule has 3 rings (SSSR count). The maximum atomic E-state index is 10.5. The summed E-state index contributed by atoms with van der Waals surface area (Å²) in [5, 5.41) is 15.6. The number of halogens is 1. The van der Waals surface area contributed by atoms with Crippen molar-refractivity contribution < 1.29 is 14.7 Å². The molecule has 1 aliphatic heterocycles. The van der Waals surface area contributed by atoms with Crippen molar-refractivity contribution in [2.24, 2.45) is 11.1 Å². The van der Waals surface area contributed by atoms with E-state index in [4.69, 9.17) is 21.2 Å². The molecule has 0 amide bonds. The van der Waals surface area contributed by atoms with Crippen LogP contribution in [0, 0.1) is 12.8 Å². The van der Waals surface area contributed by atoms with Crippen LogP contribution in [0.3, 0.4) is 0 Å². The number of aryl methyl sites for hydroxylation is 1. The van der Waals surface area contributed by atoms with Gasteiger partial charge in [-0.3, -0.25) is 4.90 Å². The Bertz CT molecular complexity index is 854. The van der Waals surface area contributed by atoms with Gasteiger partial charge >= 0.3 is 0 Å². The van der Waals surface area contributed by atoms with Crippen molar-refractivity contribution in [3.8, 4) is 0 Å². The number of nitrogens with zero attached hydrogens (tertiary/aromatic N) is 2. The summed E-state index contributed by atoms with van der Waals surface area (Å²) >= 11 is 6.17. The smallest absolute Gasteiger partial charge is 0.145 e. The highest BCUT2D eigenvalue weighted by molar-refractivity contribution is 6.30. The fraction of sp³-hybridized carbons (Fsp3) is 0.480. The van der Waals surface area contributed by atoms with Gasteiger partial charge in [0.25, 0.3) is 0 Å². The lowest BCUT2D eigenvalue weighted by Crippen LogP contribution is -2.39. The molecule has 0 saturated heterocycles. The first-order valence-electron chi connectivity index (χ1n) is 10.9. The summed E-state index contributed by atoms with van der Waals surface area (Å²) in [5.74, 6) is 0.444. The van der Waals surface area contributed by atoms with Crippen molar-refractivity contribution in [3.05, 3.63) is 70.2 Å². The van der Waals surface area contributed by atoms with E-state index in [0.717, 1.165) is 23.3 Å². The Kier molecular flexibility index (Phi) is 8.90. The molecule has 2 aromatic carbocycles. The highest BCUT2D eigenvalue weighted by Crippen LogP contribution is 2.20. The Hall–Kier alpha value is -1.92. The quantitative estimate of drug-likeness (QED) is 0.546. The van der Waals surface area contributed by atoms with Crippen LogP contribution in [-0.4, -0.2) is 54.2 Å². The molecule has 5 nitrogen and oxygen atoms in total. The number of ether oxygens (including phenoxy) is 1. The summed E-state index contributed by atoms with van der Waals surface area (Å²) in [5.41, 5.74) is 4.38. The first-order valence-corrected chi connectivity index (χ1v) is 11.3. The summed E-state index contributed by atoms with van der Waals surface area (Å²) < 4.78 is 5.63. The minimum atomic E-state index is -0.572. The molecule has 6 heteroatoms. The average molecular weight is 445 g/mol. The fourth-order valence-corrected chi connectivity index (χ4v) is 3.83. The monoisotopic (exact) mass is 444 g/mol. The molecule has 0 bridgehead atoms. The number of aliphatic hydroxyl groups excluding tert-OH is 1. The van der Waals surface area contributed by atoms with Crippen molar-refractivity contribution in [2.45, 2.75) is 45.9 Å². The topological polar surface area (TPSA) is 54.3 Å². The van der Waals surface area contributed by atoms with E-state index >= 15 is 0 Å². The summed E-state index contributed by atoms with van der Waals surface area (Å²) in [4.78, 5) is 7.93. The predicted octanol–water partition coefficient (Wildman–Crippen LogP) is 4.68. The molecule has 0 saturated carbocycles. The Balaban J connectivity index is 1.60. The summed E-state index contributed by atoms with van der Waals surface area (Å²) in [6.45, 7) is 9.05. The van der Waals surface area contributed by atoms with Crippen LogP contribution in [0.4, 0.5) is 0 Å². The van der Waals surface area contributed by atoms with Crippen LogP contribution in [0.5, 0.6) is 0 Å². The van der Waals surface area contributed by atoms with E-state index in [1.165, 1.54) is 5.56 Å². The Morgan fingerprint density at radius 3 is 2.68 bits per heavy atom. The maximum absolute atomic E-state index is 10.5. The van der Waals surface area contributed by atoms with Gasteiger partial charge in [0.15, 0.2) is 0 Å². The second-order valence-electron chi connectivity index (χ2n) is 8.74. The molecule has 1 heterocycles. The van der Waals surface area contributed by atoms with Gasteiger partial charge in [-0.2, -0.15) is 0 Å². The Morgan fingerprint density at radius 1 is 1.19 bits per heavy atom. The first-order chi connectivity index (χ1) is 14.9. The minimum absolute atomic E-state index is 0.0562. The van der Waals surface area contributed by atoms with Crippen molar-refractivity contribution >= 4 is 17.3 Å². The SMILES string of the molecule is Cc1ccc(C2=NO[C@H](CN(Cc3cccc(Cl)c3)C[C@H](O)COCC(C)C)C2)cc1. The molecule has 31 heavy (non-hydrogen) atoms. The molecule has 0 radical (unpaired) electrons. The number of rotatable bonds is 11. The van der Waals surface area contributed by atoms with Crippen LogP contribution >= 0.6 is 11.6 Å². The van der Waals surface area contributed by atoms with Gasteiger partial charge < -0.3 is 14.7 Å². The molecular formula is C25H33ClN2O3. The third-order valence-corrected chi connectivity index (χ3v) is 5.34. The molecule has 1 N–H and O–H groups in total. The van der Waals surface area contributed by atoms with Gasteiger partial charge in [0.1, 0.15) is 6.10 Å². The van der Waals surface area contributed by atoms with Crippen molar-refractivity contribution in [1.82, 2.24) is 4.90 Å². The molecular weight excluding hydrogens is 412 g/mol. The van der Waals surface area contributed by atoms with E-state index in [0.29, 0.717) is 43.8 Å². The van der Waals surface area contributed by atoms with Gasteiger partial charge in [-0.25, -0.2) is 0 Å². The van der Waals surface area contributed by atoms with E-state index in [2.05, 4.69) is 55.1 Å². The lowest BCUT2D eigenvalue weighted by atomic mass is 10.0. The molecule has 0 spiro atoms. The number of oxime groups is 1. The lowest BCUT2D eigenvalue weighted by Gasteiger charge is -2.27. The second-order valence-corrected chi connectivity index (χ2v) is 9.18. The van der Waals surface area contributed by atoms with E-state index in [1.807, 2.05) is 24.3 Å². The zero-order valence-corrected chi connectivity index (χ0v) is 19.4. The molecule has 1 aliphatic rings. The number of hydrogen-bond acceptors (Lipinski definition) is 5. The first kappa shape index (κ1) is 23.7. The Morgan fingerprint density at radius 2 is 1.97 bits per heavy atom. The molecule has 0 aliphatic carbocycles. The van der Waals surface area contributed by atoms with Gasteiger partial charge in [-0.05, 0) is 36.1 Å². The van der Waals surface area contributed by atoms with Crippen LogP contribution in [0.15, 0.2) is 53.7 Å². The van der Waals surface area contributed by atoms with Crippen molar-refractivity contribution in [3.63, 3.8) is 0 Å². The molecule has 2 aromatic rings. The van der Waals surface area contributed by atoms with Crippen LogP contribution in [0.25, 0.3) is 0 Å². The van der Waals surface area contributed by atoms with Gasteiger partial charge in [-0.15, -0.1) is 0 Å². The predicted molar refractivity (Wildman–Crippen MR) is 126 cm³/mol. The van der Waals surface area contributed by atoms with Crippen molar-refractivity contribution in [2.75, 3.05) is 26.3 Å². The Labute approximate surface area is 190 Å². The van der Waals surface area contributed by atoms with E-state index < -0.39 is 6.10 Å². The van der Waals surface area contributed by atoms with Gasteiger partial charge in [0.2, 0.25) is 0 Å². The minimum Gasteiger partial charge on any atom is -0.390 e. The standard InChI is InChI=1S/C25H33ClN2O3/c1-18(2)16-30-17-23(29)14-28(13-20-5-4-6-22(26)11-20)15-24-12-25(27-31-24)21-9-7-19(3)8-10-21/h4-11,18,23-24,29H,12-17H2,1-3H3/t23-,24-/m0/s1. The van der Waals surface area contributed by atoms with E-state index in [1.54, 1.807) is 0 Å². The molecule has 0 fully saturated rings. The van der Waals surface area contributed by atoms with Gasteiger partial charge in [0, 0.05) is 37.7 Å². The second kappa shape index (κ2) is 11.6. The fourth-order valence-electron chi connectivity index (χ4n) is 3.62. The van der Waals surface area contributed by atoms with Crippen LogP contribution in [0.2, 0.25) is 5.02 Å². The third kappa shape index (κ3) is 7.93. The normalized spacial score (nSPS) is 17.1. The van der Waals surface area contributed by atoms with Gasteiger partial charge in [0.05, 0.1) is 18.4 Å². The van der Waals surface area contributed by atoms with Crippen LogP contribution < -0.4 is 0 Å². The highest BCUT2D eigenvalue weighted by Gasteiger charge is 2.26. The zero-order chi connectivity index (χ0) is 22.2. The van der Waals surface area contributed by atoms with E-state index in [9.17, 15) is 5.11 Å². The average Bonchev–Trinajstić information content (AvgIpc) is 3.16. The van der Waals surface area contributed by atoms with Crippen molar-refractivity contribution in [1.29, 1.82) is 0 Å². The zero-order valence-electron chi connectivity index (χ0n) is 18.6. The number of hydrogen-bond donors (Lipinski definition) is 1. The highest BCUT2D eigenvalue weighted by atomic mass is 35.5. The number of aliphatic hydroxyl groups is 1. The van der Waals surface area contributed by atoms with Crippen LogP contribution in [-0.2, 0) is 16.1 Å². The summed E-state index contributed by atoms with van der Waals surface area (Å²) in [6.07, 6.45) is 0.116. The molecule has 0 aromatic heterocycles. The molecule has 168 valence electrons. The van der Waals surface area contributed by atoms with Crippen LogP contribution in [0.1, 0.15) is 37.0 Å². The van der Waals surface area contributed by atoms with Gasteiger partial charge in [-0.1, -0.05) is 72.6 Å². The summed E-state index contributed by atoms with van der Waals surface area (Å²) in [6, 6.07) is 16.2. The molecule has 0 unspecified atom stereocenters. The largest absolute Gasteiger partial charge is 0.390 e. The van der Waals surface area contributed by atoms with E-state index in [-0.39, 0.29) is 6.10 Å². The lowest BCUT2D eigenvalue weighted by molar-refractivity contribution is -0.00734. The number of benzene rings is 2.